The molecule has 2 N–H and O–H groups in total. The summed E-state index contributed by atoms with van der Waals surface area (Å²) in [5.41, 5.74) is 2.09. The number of nitrogens with zero attached hydrogens (tertiary/aromatic N) is 3. The third-order valence-corrected chi connectivity index (χ3v) is 3.41. The molecule has 0 aliphatic rings. The summed E-state index contributed by atoms with van der Waals surface area (Å²) in [6.07, 6.45) is 1.79. The van der Waals surface area contributed by atoms with Gasteiger partial charge < -0.3 is 15.5 Å². The molecule has 24 heavy (non-hydrogen) atoms. The smallest absolute Gasteiger partial charge is 0.191 e. The lowest BCUT2D eigenvalue weighted by Gasteiger charge is -2.13. The Labute approximate surface area is 142 Å². The third-order valence-electron chi connectivity index (χ3n) is 3.41. The van der Waals surface area contributed by atoms with Crippen LogP contribution in [0, 0.1) is 5.82 Å². The van der Waals surface area contributed by atoms with Gasteiger partial charge in [0.15, 0.2) is 5.96 Å². The van der Waals surface area contributed by atoms with Gasteiger partial charge in [0.1, 0.15) is 11.6 Å². The number of hydrogen-bond acceptors (Lipinski definition) is 3. The van der Waals surface area contributed by atoms with Gasteiger partial charge in [0.2, 0.25) is 0 Å². The quantitative estimate of drug-likeness (QED) is 0.632. The predicted molar refractivity (Wildman–Crippen MR) is 96.6 cm³/mol. The van der Waals surface area contributed by atoms with Crippen LogP contribution in [0.15, 0.2) is 47.6 Å². The average Bonchev–Trinajstić information content (AvgIpc) is 2.59. The molecule has 0 bridgehead atoms. The Bertz CT molecular complexity index is 667. The lowest BCUT2D eigenvalue weighted by atomic mass is 10.2. The number of anilines is 1. The lowest BCUT2D eigenvalue weighted by molar-refractivity contribution is 0.626. The molecule has 5 nitrogen and oxygen atoms in total. The van der Waals surface area contributed by atoms with Crippen LogP contribution in [0.4, 0.5) is 10.2 Å². The lowest BCUT2D eigenvalue weighted by Crippen LogP contribution is -2.36. The van der Waals surface area contributed by atoms with Crippen LogP contribution in [-0.4, -0.2) is 31.6 Å². The van der Waals surface area contributed by atoms with E-state index < -0.39 is 0 Å². The number of hydrogen-bond donors (Lipinski definition) is 2. The van der Waals surface area contributed by atoms with Crippen molar-refractivity contribution in [1.29, 1.82) is 0 Å². The van der Waals surface area contributed by atoms with E-state index in [0.29, 0.717) is 13.1 Å². The molecule has 0 saturated carbocycles. The van der Waals surface area contributed by atoms with Gasteiger partial charge in [-0.05, 0) is 42.3 Å². The monoisotopic (exact) mass is 329 g/mol. The van der Waals surface area contributed by atoms with E-state index in [1.165, 1.54) is 12.1 Å². The highest BCUT2D eigenvalue weighted by Gasteiger charge is 2.01. The van der Waals surface area contributed by atoms with Crippen LogP contribution in [0.1, 0.15) is 18.1 Å². The molecule has 2 rings (SSSR count). The van der Waals surface area contributed by atoms with Gasteiger partial charge in [0, 0.05) is 33.4 Å². The van der Waals surface area contributed by atoms with Crippen molar-refractivity contribution in [2.45, 2.75) is 20.0 Å². The van der Waals surface area contributed by atoms with Gasteiger partial charge in [-0.15, -0.1) is 0 Å². The number of benzene rings is 1. The van der Waals surface area contributed by atoms with Crippen molar-refractivity contribution in [3.05, 3.63) is 59.5 Å². The number of halogens is 1. The van der Waals surface area contributed by atoms with Crippen LogP contribution in [0.3, 0.4) is 0 Å². The number of nitrogens with one attached hydrogen (secondary N) is 2. The van der Waals surface area contributed by atoms with Gasteiger partial charge in [0.05, 0.1) is 6.54 Å². The van der Waals surface area contributed by atoms with Crippen LogP contribution >= 0.6 is 0 Å². The molecule has 128 valence electrons. The first kappa shape index (κ1) is 17.7. The molecule has 0 spiro atoms. The maximum atomic E-state index is 12.9. The minimum atomic E-state index is -0.228. The molecule has 1 aromatic heterocycles. The second-order valence-electron chi connectivity index (χ2n) is 5.59. The minimum absolute atomic E-state index is 0.228. The summed E-state index contributed by atoms with van der Waals surface area (Å²) in [5.74, 6) is 1.41. The first-order chi connectivity index (χ1) is 11.6. The van der Waals surface area contributed by atoms with Gasteiger partial charge >= 0.3 is 0 Å². The fraction of sp³-hybridized carbons (Fsp3) is 0.333. The summed E-state index contributed by atoms with van der Waals surface area (Å²) < 4.78 is 12.9. The number of pyridine rings is 1. The molecule has 0 radical (unpaired) electrons. The molecule has 0 fully saturated rings. The summed E-state index contributed by atoms with van der Waals surface area (Å²) in [4.78, 5) is 10.9. The molecule has 6 heteroatoms. The van der Waals surface area contributed by atoms with E-state index in [1.807, 2.05) is 38.1 Å². The van der Waals surface area contributed by atoms with Crippen molar-refractivity contribution >= 4 is 11.8 Å². The summed E-state index contributed by atoms with van der Waals surface area (Å²) in [6.45, 7) is 3.94. The number of rotatable bonds is 6. The summed E-state index contributed by atoms with van der Waals surface area (Å²) in [5, 5.41) is 6.47. The van der Waals surface area contributed by atoms with Gasteiger partial charge in [0.25, 0.3) is 0 Å². The van der Waals surface area contributed by atoms with Crippen LogP contribution in [-0.2, 0) is 13.1 Å². The maximum absolute atomic E-state index is 12.9. The second-order valence-corrected chi connectivity index (χ2v) is 5.59. The van der Waals surface area contributed by atoms with Crippen molar-refractivity contribution in [3.8, 4) is 0 Å². The zero-order valence-corrected chi connectivity index (χ0v) is 14.4. The molecule has 0 saturated heterocycles. The fourth-order valence-electron chi connectivity index (χ4n) is 2.10. The first-order valence-corrected chi connectivity index (χ1v) is 7.97. The van der Waals surface area contributed by atoms with E-state index in [2.05, 4.69) is 20.6 Å². The Kier molecular flexibility index (Phi) is 6.54. The van der Waals surface area contributed by atoms with Gasteiger partial charge in [-0.1, -0.05) is 12.1 Å². The van der Waals surface area contributed by atoms with Crippen molar-refractivity contribution < 1.29 is 4.39 Å². The second kappa shape index (κ2) is 8.86. The van der Waals surface area contributed by atoms with Crippen LogP contribution in [0.2, 0.25) is 0 Å². The predicted octanol–water partition coefficient (Wildman–Crippen LogP) is 2.54. The number of aromatic nitrogens is 1. The van der Waals surface area contributed by atoms with E-state index in [9.17, 15) is 4.39 Å². The highest BCUT2D eigenvalue weighted by molar-refractivity contribution is 5.79. The largest absolute Gasteiger partial charge is 0.363 e. The molecule has 0 aliphatic carbocycles. The van der Waals surface area contributed by atoms with Gasteiger partial charge in [-0.2, -0.15) is 0 Å². The summed E-state index contributed by atoms with van der Waals surface area (Å²) in [6, 6.07) is 10.4. The normalized spacial score (nSPS) is 11.2. The topological polar surface area (TPSA) is 52.6 Å². The Morgan fingerprint density at radius 1 is 1.12 bits per heavy atom. The van der Waals surface area contributed by atoms with E-state index in [4.69, 9.17) is 0 Å². The zero-order valence-electron chi connectivity index (χ0n) is 14.4. The first-order valence-electron chi connectivity index (χ1n) is 7.97. The average molecular weight is 329 g/mol. The standard InChI is InChI=1S/C18H24FN5/c1-4-20-18(22-12-14-5-7-16(19)8-6-14)23-13-15-9-10-21-17(11-15)24(2)3/h5-11H,4,12-13H2,1-3H3,(H2,20,22,23). The van der Waals surface area contributed by atoms with Crippen molar-refractivity contribution in [3.63, 3.8) is 0 Å². The van der Waals surface area contributed by atoms with Crippen LogP contribution < -0.4 is 15.5 Å². The highest BCUT2D eigenvalue weighted by atomic mass is 19.1. The Hall–Kier alpha value is -2.63. The van der Waals surface area contributed by atoms with Crippen molar-refractivity contribution in [1.82, 2.24) is 15.6 Å². The molecule has 2 aromatic rings. The molecular formula is C18H24FN5. The molecule has 0 amide bonds. The van der Waals surface area contributed by atoms with Gasteiger partial charge in [-0.25, -0.2) is 14.4 Å². The SMILES string of the molecule is CCNC(=NCc1ccnc(N(C)C)c1)NCc1ccc(F)cc1. The molecule has 0 atom stereocenters. The van der Waals surface area contributed by atoms with Crippen LogP contribution in [0.5, 0.6) is 0 Å². The molecule has 0 aliphatic heterocycles. The summed E-state index contributed by atoms with van der Waals surface area (Å²) >= 11 is 0. The van der Waals surface area contributed by atoms with Gasteiger partial charge in [-0.3, -0.25) is 0 Å². The summed E-state index contributed by atoms with van der Waals surface area (Å²) in [7, 11) is 3.92. The molecule has 1 aromatic carbocycles. The molecular weight excluding hydrogens is 305 g/mol. The highest BCUT2D eigenvalue weighted by Crippen LogP contribution is 2.10. The Morgan fingerprint density at radius 2 is 1.88 bits per heavy atom. The van der Waals surface area contributed by atoms with Crippen LogP contribution in [0.25, 0.3) is 0 Å². The van der Waals surface area contributed by atoms with E-state index in [-0.39, 0.29) is 5.82 Å². The number of guanidine groups is 1. The number of aliphatic imine (C=N–C) groups is 1. The Morgan fingerprint density at radius 3 is 2.54 bits per heavy atom. The van der Waals surface area contributed by atoms with E-state index >= 15 is 0 Å². The molecule has 1 heterocycles. The fourth-order valence-corrected chi connectivity index (χ4v) is 2.10. The Balaban J connectivity index is 1.99. The maximum Gasteiger partial charge on any atom is 0.191 e. The van der Waals surface area contributed by atoms with E-state index in [1.54, 1.807) is 18.3 Å². The zero-order chi connectivity index (χ0) is 17.4. The molecule has 0 unspecified atom stereocenters. The third kappa shape index (κ3) is 5.53. The minimum Gasteiger partial charge on any atom is -0.363 e. The van der Waals surface area contributed by atoms with Crippen molar-refractivity contribution in [2.75, 3.05) is 25.5 Å². The van der Waals surface area contributed by atoms with E-state index in [0.717, 1.165) is 29.4 Å². The van der Waals surface area contributed by atoms with Crippen molar-refractivity contribution in [2.24, 2.45) is 4.99 Å².